The van der Waals surface area contributed by atoms with E-state index >= 15 is 0 Å². The molecule has 2 heteroatoms. The molecular formula is C19H30N2. The van der Waals surface area contributed by atoms with Crippen LogP contribution in [0, 0.1) is 18.8 Å². The lowest BCUT2D eigenvalue weighted by atomic mass is 9.97. The summed E-state index contributed by atoms with van der Waals surface area (Å²) in [5, 5.41) is 3.82. The van der Waals surface area contributed by atoms with E-state index in [1.54, 1.807) is 0 Å². The van der Waals surface area contributed by atoms with Crippen molar-refractivity contribution in [1.82, 2.24) is 10.2 Å². The third kappa shape index (κ3) is 4.08. The van der Waals surface area contributed by atoms with Crippen LogP contribution < -0.4 is 5.32 Å². The van der Waals surface area contributed by atoms with E-state index in [-0.39, 0.29) is 0 Å². The van der Waals surface area contributed by atoms with E-state index in [1.165, 1.54) is 43.5 Å². The molecule has 1 aliphatic carbocycles. The minimum atomic E-state index is 0.695. The van der Waals surface area contributed by atoms with Crippen molar-refractivity contribution in [3.8, 4) is 0 Å². The van der Waals surface area contributed by atoms with Gasteiger partial charge in [0.05, 0.1) is 0 Å². The summed E-state index contributed by atoms with van der Waals surface area (Å²) in [5.74, 6) is 1.72. The van der Waals surface area contributed by atoms with Gasteiger partial charge < -0.3 is 5.32 Å². The first-order valence-electron chi connectivity index (χ1n) is 8.65. The van der Waals surface area contributed by atoms with E-state index in [4.69, 9.17) is 0 Å². The lowest BCUT2D eigenvalue weighted by Gasteiger charge is -2.41. The lowest BCUT2D eigenvalue weighted by molar-refractivity contribution is 0.0999. The molecule has 0 aromatic heterocycles. The van der Waals surface area contributed by atoms with Crippen molar-refractivity contribution in [3.63, 3.8) is 0 Å². The highest BCUT2D eigenvalue weighted by Gasteiger charge is 2.37. The van der Waals surface area contributed by atoms with Crippen LogP contribution in [0.1, 0.15) is 44.2 Å². The summed E-state index contributed by atoms with van der Waals surface area (Å²) in [4.78, 5) is 2.74. The van der Waals surface area contributed by atoms with Gasteiger partial charge in [0.1, 0.15) is 0 Å². The fraction of sp³-hybridized carbons (Fsp3) is 0.684. The Hall–Kier alpha value is -0.860. The van der Waals surface area contributed by atoms with Crippen molar-refractivity contribution in [2.45, 2.75) is 58.7 Å². The normalized spacial score (nSPS) is 27.2. The topological polar surface area (TPSA) is 15.3 Å². The maximum Gasteiger partial charge on any atom is 0.0237 e. The molecule has 21 heavy (non-hydrogen) atoms. The van der Waals surface area contributed by atoms with Crippen LogP contribution in [-0.2, 0) is 6.54 Å². The Morgan fingerprint density at radius 1 is 1.29 bits per heavy atom. The Bertz CT molecular complexity index is 464. The molecule has 0 bridgehead atoms. The Morgan fingerprint density at radius 2 is 2.10 bits per heavy atom. The number of aryl methyl sites for hydroxylation is 1. The fourth-order valence-electron chi connectivity index (χ4n) is 3.71. The van der Waals surface area contributed by atoms with Gasteiger partial charge in [-0.15, -0.1) is 0 Å². The first-order valence-corrected chi connectivity index (χ1v) is 8.65. The van der Waals surface area contributed by atoms with Gasteiger partial charge in [-0.25, -0.2) is 0 Å². The second-order valence-electron chi connectivity index (χ2n) is 7.55. The van der Waals surface area contributed by atoms with Crippen molar-refractivity contribution in [2.75, 3.05) is 13.1 Å². The number of nitrogens with zero attached hydrogens (tertiary/aromatic N) is 1. The number of rotatable bonds is 5. The minimum absolute atomic E-state index is 0.695. The van der Waals surface area contributed by atoms with Crippen LogP contribution >= 0.6 is 0 Å². The van der Waals surface area contributed by atoms with E-state index in [1.807, 2.05) is 0 Å². The average molecular weight is 286 g/mol. The first kappa shape index (κ1) is 15.1. The van der Waals surface area contributed by atoms with Gasteiger partial charge in [0.2, 0.25) is 0 Å². The quantitative estimate of drug-likeness (QED) is 0.890. The maximum absolute atomic E-state index is 3.82. The molecule has 1 saturated carbocycles. The molecule has 3 rings (SSSR count). The Morgan fingerprint density at radius 3 is 2.76 bits per heavy atom. The summed E-state index contributed by atoms with van der Waals surface area (Å²) in [7, 11) is 0. The van der Waals surface area contributed by atoms with Gasteiger partial charge in [0.25, 0.3) is 0 Å². The van der Waals surface area contributed by atoms with Gasteiger partial charge in [-0.1, -0.05) is 43.7 Å². The highest BCUT2D eigenvalue weighted by molar-refractivity contribution is 5.22. The van der Waals surface area contributed by atoms with Gasteiger partial charge in [-0.3, -0.25) is 4.90 Å². The lowest BCUT2D eigenvalue weighted by Crippen LogP contribution is -2.57. The molecule has 0 spiro atoms. The molecule has 1 N–H and O–H groups in total. The summed E-state index contributed by atoms with van der Waals surface area (Å²) in [6, 6.07) is 10.5. The van der Waals surface area contributed by atoms with Gasteiger partial charge in [0, 0.05) is 31.7 Å². The van der Waals surface area contributed by atoms with Gasteiger partial charge >= 0.3 is 0 Å². The molecule has 0 radical (unpaired) electrons. The van der Waals surface area contributed by atoms with Crippen LogP contribution in [0.3, 0.4) is 0 Å². The number of hydrogen-bond acceptors (Lipinski definition) is 2. The largest absolute Gasteiger partial charge is 0.311 e. The predicted molar refractivity (Wildman–Crippen MR) is 89.3 cm³/mol. The van der Waals surface area contributed by atoms with Crippen LogP contribution in [0.2, 0.25) is 0 Å². The standard InChI is InChI=1S/C19H30N2/c1-14(2)9-18-11-20-19(17-7-8-17)13-21(18)12-16-6-4-5-15(3)10-16/h4-6,10,14,17-20H,7-9,11-13H2,1-3H3. The van der Waals surface area contributed by atoms with Crippen LogP contribution in [0.15, 0.2) is 24.3 Å². The van der Waals surface area contributed by atoms with Crippen molar-refractivity contribution < 1.29 is 0 Å². The molecule has 1 heterocycles. The number of hydrogen-bond donors (Lipinski definition) is 1. The van der Waals surface area contributed by atoms with Gasteiger partial charge in [-0.05, 0) is 43.6 Å². The highest BCUT2D eigenvalue weighted by Crippen LogP contribution is 2.35. The third-order valence-electron chi connectivity index (χ3n) is 4.97. The van der Waals surface area contributed by atoms with Crippen molar-refractivity contribution in [2.24, 2.45) is 11.8 Å². The van der Waals surface area contributed by atoms with Crippen molar-refractivity contribution in [1.29, 1.82) is 0 Å². The zero-order valence-corrected chi connectivity index (χ0v) is 13.8. The molecule has 1 aliphatic heterocycles. The number of benzene rings is 1. The molecule has 2 unspecified atom stereocenters. The summed E-state index contributed by atoms with van der Waals surface area (Å²) in [6.07, 6.45) is 4.17. The molecule has 1 saturated heterocycles. The fourth-order valence-corrected chi connectivity index (χ4v) is 3.71. The van der Waals surface area contributed by atoms with Gasteiger partial charge in [-0.2, -0.15) is 0 Å². The average Bonchev–Trinajstić information content (AvgIpc) is 3.24. The van der Waals surface area contributed by atoms with Crippen molar-refractivity contribution >= 4 is 0 Å². The minimum Gasteiger partial charge on any atom is -0.311 e. The zero-order valence-electron chi connectivity index (χ0n) is 13.8. The molecule has 1 aromatic carbocycles. The summed E-state index contributed by atoms with van der Waals surface area (Å²) in [6.45, 7) is 10.4. The Labute approximate surface area is 129 Å². The smallest absolute Gasteiger partial charge is 0.0237 e. The zero-order chi connectivity index (χ0) is 14.8. The Kier molecular flexibility index (Phi) is 4.66. The predicted octanol–water partition coefficient (Wildman–Crippen LogP) is 3.59. The number of piperazine rings is 1. The van der Waals surface area contributed by atoms with E-state index in [0.717, 1.165) is 24.4 Å². The molecule has 116 valence electrons. The first-order chi connectivity index (χ1) is 10.1. The molecule has 2 aliphatic rings. The second-order valence-corrected chi connectivity index (χ2v) is 7.55. The molecule has 2 nitrogen and oxygen atoms in total. The number of nitrogens with one attached hydrogen (secondary N) is 1. The molecule has 1 aromatic rings. The summed E-state index contributed by atoms with van der Waals surface area (Å²) >= 11 is 0. The van der Waals surface area contributed by atoms with Gasteiger partial charge in [0.15, 0.2) is 0 Å². The Balaban J connectivity index is 1.69. The van der Waals surface area contributed by atoms with E-state index in [2.05, 4.69) is 55.3 Å². The maximum atomic E-state index is 3.82. The summed E-state index contributed by atoms with van der Waals surface area (Å²) < 4.78 is 0. The third-order valence-corrected chi connectivity index (χ3v) is 4.97. The highest BCUT2D eigenvalue weighted by atomic mass is 15.2. The summed E-state index contributed by atoms with van der Waals surface area (Å²) in [5.41, 5.74) is 2.85. The van der Waals surface area contributed by atoms with E-state index in [9.17, 15) is 0 Å². The molecular weight excluding hydrogens is 256 g/mol. The SMILES string of the molecule is Cc1cccc(CN2CC(C3CC3)NCC2CC(C)C)c1. The van der Waals surface area contributed by atoms with Crippen molar-refractivity contribution in [3.05, 3.63) is 35.4 Å². The second kappa shape index (κ2) is 6.50. The molecule has 0 amide bonds. The molecule has 2 fully saturated rings. The van der Waals surface area contributed by atoms with Crippen LogP contribution in [0.5, 0.6) is 0 Å². The molecule has 2 atom stereocenters. The van der Waals surface area contributed by atoms with E-state index < -0.39 is 0 Å². The monoisotopic (exact) mass is 286 g/mol. The van der Waals surface area contributed by atoms with Crippen LogP contribution in [0.4, 0.5) is 0 Å². The van der Waals surface area contributed by atoms with E-state index in [0.29, 0.717) is 6.04 Å². The van der Waals surface area contributed by atoms with Crippen LogP contribution in [0.25, 0.3) is 0 Å². The van der Waals surface area contributed by atoms with Crippen LogP contribution in [-0.4, -0.2) is 30.1 Å².